The Balaban J connectivity index is 1.87. The van der Waals surface area contributed by atoms with E-state index in [0.717, 1.165) is 16.7 Å². The summed E-state index contributed by atoms with van der Waals surface area (Å²) in [5.74, 6) is -1.29. The molecule has 0 unspecified atom stereocenters. The van der Waals surface area contributed by atoms with Crippen LogP contribution in [0.3, 0.4) is 0 Å². The Kier molecular flexibility index (Phi) is 7.21. The van der Waals surface area contributed by atoms with Gasteiger partial charge in [-0.15, -0.1) is 0 Å². The zero-order chi connectivity index (χ0) is 20.9. The summed E-state index contributed by atoms with van der Waals surface area (Å²) in [4.78, 5) is 24.1. The largest absolute Gasteiger partial charge is 0.347 e. The van der Waals surface area contributed by atoms with Crippen LogP contribution < -0.4 is 10.6 Å². The standard InChI is InChI=1S/C20H23ClN2O4S/c1-13-10-14(2)20(15(3)11-13)23-19(25)12-22-18(24)8-9-28(26,27)17-7-5-4-6-16(17)21/h4-7,10-11H,8-9,12H2,1-3H3,(H,22,24)(H,23,25). The average Bonchev–Trinajstić information content (AvgIpc) is 2.61. The number of nitrogens with one attached hydrogen (secondary N) is 2. The van der Waals surface area contributed by atoms with Crippen molar-refractivity contribution in [2.24, 2.45) is 0 Å². The molecule has 0 aliphatic rings. The van der Waals surface area contributed by atoms with Crippen molar-refractivity contribution in [3.05, 3.63) is 58.1 Å². The van der Waals surface area contributed by atoms with Crippen LogP contribution in [0, 0.1) is 20.8 Å². The molecule has 0 fully saturated rings. The number of benzene rings is 2. The molecule has 2 N–H and O–H groups in total. The minimum absolute atomic E-state index is 0.00692. The highest BCUT2D eigenvalue weighted by Gasteiger charge is 2.19. The summed E-state index contributed by atoms with van der Waals surface area (Å²) in [5, 5.41) is 5.34. The monoisotopic (exact) mass is 422 g/mol. The lowest BCUT2D eigenvalue weighted by atomic mass is 10.1. The first-order valence-electron chi connectivity index (χ1n) is 8.72. The molecule has 0 aromatic heterocycles. The smallest absolute Gasteiger partial charge is 0.243 e. The van der Waals surface area contributed by atoms with Crippen LogP contribution in [-0.4, -0.2) is 32.5 Å². The second kappa shape index (κ2) is 9.21. The van der Waals surface area contributed by atoms with Crippen LogP contribution in [0.5, 0.6) is 0 Å². The van der Waals surface area contributed by atoms with E-state index in [2.05, 4.69) is 10.6 Å². The van der Waals surface area contributed by atoms with E-state index < -0.39 is 15.7 Å². The van der Waals surface area contributed by atoms with Crippen LogP contribution in [-0.2, 0) is 19.4 Å². The molecule has 0 saturated carbocycles. The van der Waals surface area contributed by atoms with Crippen molar-refractivity contribution in [1.29, 1.82) is 0 Å². The summed E-state index contributed by atoms with van der Waals surface area (Å²) in [6.45, 7) is 5.53. The van der Waals surface area contributed by atoms with Gasteiger partial charge in [0.1, 0.15) is 0 Å². The van der Waals surface area contributed by atoms with Crippen LogP contribution >= 0.6 is 11.6 Å². The predicted molar refractivity (Wildman–Crippen MR) is 110 cm³/mol. The maximum absolute atomic E-state index is 12.3. The summed E-state index contributed by atoms with van der Waals surface area (Å²) in [6, 6.07) is 9.99. The number of carbonyl (C=O) groups excluding carboxylic acids is 2. The number of sulfone groups is 1. The first-order chi connectivity index (χ1) is 13.1. The molecule has 0 saturated heterocycles. The van der Waals surface area contributed by atoms with E-state index in [1.165, 1.54) is 12.1 Å². The third kappa shape index (κ3) is 5.81. The van der Waals surface area contributed by atoms with Gasteiger partial charge in [-0.05, 0) is 44.0 Å². The second-order valence-corrected chi connectivity index (χ2v) is 9.08. The van der Waals surface area contributed by atoms with Crippen LogP contribution in [0.2, 0.25) is 5.02 Å². The molecule has 0 heterocycles. The van der Waals surface area contributed by atoms with E-state index in [4.69, 9.17) is 11.6 Å². The van der Waals surface area contributed by atoms with Gasteiger partial charge in [0.05, 0.1) is 22.2 Å². The van der Waals surface area contributed by atoms with E-state index in [0.29, 0.717) is 5.69 Å². The molecule has 0 aliphatic heterocycles. The molecule has 8 heteroatoms. The molecule has 0 aliphatic carbocycles. The molecule has 0 bridgehead atoms. The van der Waals surface area contributed by atoms with Crippen LogP contribution in [0.1, 0.15) is 23.1 Å². The maximum atomic E-state index is 12.3. The molecule has 0 atom stereocenters. The first-order valence-corrected chi connectivity index (χ1v) is 10.7. The number of hydrogen-bond donors (Lipinski definition) is 2. The van der Waals surface area contributed by atoms with Crippen LogP contribution in [0.15, 0.2) is 41.3 Å². The lowest BCUT2D eigenvalue weighted by molar-refractivity contribution is -0.123. The van der Waals surface area contributed by atoms with Gasteiger partial charge in [-0.3, -0.25) is 9.59 Å². The van der Waals surface area contributed by atoms with Gasteiger partial charge < -0.3 is 10.6 Å². The molecule has 2 aromatic carbocycles. The maximum Gasteiger partial charge on any atom is 0.243 e. The molecule has 2 amide bonds. The zero-order valence-electron chi connectivity index (χ0n) is 16.0. The molecule has 2 rings (SSSR count). The number of amides is 2. The quantitative estimate of drug-likeness (QED) is 0.716. The van der Waals surface area contributed by atoms with Crippen molar-refractivity contribution < 1.29 is 18.0 Å². The first kappa shape index (κ1) is 21.9. The van der Waals surface area contributed by atoms with E-state index in [1.54, 1.807) is 12.1 Å². The van der Waals surface area contributed by atoms with Crippen LogP contribution in [0.25, 0.3) is 0 Å². The lowest BCUT2D eigenvalue weighted by Crippen LogP contribution is -2.34. The topological polar surface area (TPSA) is 92.3 Å². The van der Waals surface area contributed by atoms with Gasteiger partial charge in [-0.1, -0.05) is 41.4 Å². The fourth-order valence-corrected chi connectivity index (χ4v) is 4.68. The second-order valence-electron chi connectivity index (χ2n) is 6.60. The van der Waals surface area contributed by atoms with E-state index in [-0.39, 0.29) is 34.5 Å². The van der Waals surface area contributed by atoms with Crippen molar-refractivity contribution in [3.63, 3.8) is 0 Å². The summed E-state index contributed by atoms with van der Waals surface area (Å²) in [7, 11) is -3.68. The third-order valence-electron chi connectivity index (χ3n) is 4.16. The van der Waals surface area contributed by atoms with E-state index in [1.807, 2.05) is 32.9 Å². The highest BCUT2D eigenvalue weighted by molar-refractivity contribution is 7.91. The van der Waals surface area contributed by atoms with Gasteiger partial charge >= 0.3 is 0 Å². The summed E-state index contributed by atoms with van der Waals surface area (Å²) in [5.41, 5.74) is 3.68. The predicted octanol–water partition coefficient (Wildman–Crippen LogP) is 3.18. The number of hydrogen-bond acceptors (Lipinski definition) is 4. The number of aryl methyl sites for hydroxylation is 3. The zero-order valence-corrected chi connectivity index (χ0v) is 17.6. The molecule has 6 nitrogen and oxygen atoms in total. The number of rotatable bonds is 7. The van der Waals surface area contributed by atoms with Gasteiger partial charge in [0.15, 0.2) is 9.84 Å². The lowest BCUT2D eigenvalue weighted by Gasteiger charge is -2.13. The van der Waals surface area contributed by atoms with Crippen molar-refractivity contribution in [2.75, 3.05) is 17.6 Å². The van der Waals surface area contributed by atoms with Crippen molar-refractivity contribution in [3.8, 4) is 0 Å². The molecular formula is C20H23ClN2O4S. The minimum atomic E-state index is -3.68. The van der Waals surface area contributed by atoms with Gasteiger partial charge in [0.25, 0.3) is 0 Å². The van der Waals surface area contributed by atoms with Crippen molar-refractivity contribution in [1.82, 2.24) is 5.32 Å². The SMILES string of the molecule is Cc1cc(C)c(NC(=O)CNC(=O)CCS(=O)(=O)c2ccccc2Cl)c(C)c1. The molecule has 0 spiro atoms. The van der Waals surface area contributed by atoms with E-state index >= 15 is 0 Å². The summed E-state index contributed by atoms with van der Waals surface area (Å²) in [6.07, 6.45) is -0.260. The van der Waals surface area contributed by atoms with Crippen molar-refractivity contribution >= 4 is 38.9 Å². The van der Waals surface area contributed by atoms with Crippen molar-refractivity contribution in [2.45, 2.75) is 32.1 Å². The number of anilines is 1. The molecule has 150 valence electrons. The van der Waals surface area contributed by atoms with Gasteiger partial charge in [-0.25, -0.2) is 8.42 Å². The Morgan fingerprint density at radius 2 is 1.61 bits per heavy atom. The molecular weight excluding hydrogens is 400 g/mol. The highest BCUT2D eigenvalue weighted by atomic mass is 35.5. The third-order valence-corrected chi connectivity index (χ3v) is 6.37. The summed E-state index contributed by atoms with van der Waals surface area (Å²) >= 11 is 5.91. The van der Waals surface area contributed by atoms with E-state index in [9.17, 15) is 18.0 Å². The van der Waals surface area contributed by atoms with Crippen LogP contribution in [0.4, 0.5) is 5.69 Å². The average molecular weight is 423 g/mol. The Morgan fingerprint density at radius 1 is 1.00 bits per heavy atom. The number of carbonyl (C=O) groups is 2. The fraction of sp³-hybridized carbons (Fsp3) is 0.300. The number of halogens is 1. The molecule has 28 heavy (non-hydrogen) atoms. The Labute approximate surface area is 170 Å². The highest BCUT2D eigenvalue weighted by Crippen LogP contribution is 2.22. The summed E-state index contributed by atoms with van der Waals surface area (Å²) < 4.78 is 24.6. The molecule has 2 aromatic rings. The van der Waals surface area contributed by atoms with Gasteiger partial charge in [-0.2, -0.15) is 0 Å². The normalized spacial score (nSPS) is 11.1. The Morgan fingerprint density at radius 3 is 2.21 bits per heavy atom. The van der Waals surface area contributed by atoms with Gasteiger partial charge in [0, 0.05) is 12.1 Å². The minimum Gasteiger partial charge on any atom is -0.347 e. The van der Waals surface area contributed by atoms with Gasteiger partial charge in [0.2, 0.25) is 11.8 Å². The molecule has 0 radical (unpaired) electrons. The Bertz CT molecular complexity index is 980. The fourth-order valence-electron chi connectivity index (χ4n) is 2.86. The Hall–Kier alpha value is -2.38.